The Morgan fingerprint density at radius 3 is 2.90 bits per heavy atom. The van der Waals surface area contributed by atoms with Crippen molar-refractivity contribution in [1.29, 1.82) is 10.5 Å². The van der Waals surface area contributed by atoms with E-state index < -0.39 is 0 Å². The fraction of sp³-hybridized carbons (Fsp3) is 0.188. The van der Waals surface area contributed by atoms with Crippen molar-refractivity contribution in [3.63, 3.8) is 0 Å². The molecule has 4 heteroatoms. The Morgan fingerprint density at radius 1 is 1.25 bits per heavy atom. The molecule has 1 unspecified atom stereocenters. The van der Waals surface area contributed by atoms with Gasteiger partial charge in [-0.2, -0.15) is 10.5 Å². The highest BCUT2D eigenvalue weighted by Crippen LogP contribution is 2.27. The molecule has 0 bridgehead atoms. The van der Waals surface area contributed by atoms with E-state index in [0.29, 0.717) is 24.2 Å². The van der Waals surface area contributed by atoms with Gasteiger partial charge in [-0.3, -0.25) is 4.98 Å². The number of rotatable bonds is 0. The predicted octanol–water partition coefficient (Wildman–Crippen LogP) is 2.36. The summed E-state index contributed by atoms with van der Waals surface area (Å²) in [5.41, 5.74) is 3.73. The fourth-order valence-electron chi connectivity index (χ4n) is 2.35. The van der Waals surface area contributed by atoms with Crippen LogP contribution in [-0.4, -0.2) is 11.1 Å². The Balaban J connectivity index is 2.01. The number of aromatic nitrogens is 1. The molecule has 4 nitrogen and oxygen atoms in total. The zero-order chi connectivity index (χ0) is 13.9. The molecule has 20 heavy (non-hydrogen) atoms. The van der Waals surface area contributed by atoms with Gasteiger partial charge in [-0.25, -0.2) is 0 Å². The van der Waals surface area contributed by atoms with Crippen molar-refractivity contribution in [2.75, 3.05) is 0 Å². The van der Waals surface area contributed by atoms with Crippen molar-refractivity contribution in [1.82, 2.24) is 4.98 Å². The average molecular weight is 261 g/mol. The van der Waals surface area contributed by atoms with E-state index in [1.54, 1.807) is 18.3 Å². The summed E-state index contributed by atoms with van der Waals surface area (Å²) in [6, 6.07) is 7.98. The number of hydrogen-bond donors (Lipinski definition) is 0. The van der Waals surface area contributed by atoms with Gasteiger partial charge in [0.05, 0.1) is 17.8 Å². The Morgan fingerprint density at radius 2 is 2.10 bits per heavy atom. The fourth-order valence-corrected chi connectivity index (χ4v) is 2.35. The van der Waals surface area contributed by atoms with Gasteiger partial charge in [0.15, 0.2) is 0 Å². The van der Waals surface area contributed by atoms with Crippen molar-refractivity contribution in [2.24, 2.45) is 0 Å². The SMILES string of the molecule is N#CC1=C/C2=C/Cc3ncccc3COC2C=C1C#N. The van der Waals surface area contributed by atoms with Crippen LogP contribution < -0.4 is 0 Å². The molecule has 0 N–H and O–H groups in total. The number of allylic oxidation sites excluding steroid dienone is 3. The van der Waals surface area contributed by atoms with Gasteiger partial charge in [0.1, 0.15) is 18.2 Å². The summed E-state index contributed by atoms with van der Waals surface area (Å²) in [5.74, 6) is 0. The molecule has 0 saturated carbocycles. The van der Waals surface area contributed by atoms with Crippen LogP contribution in [0.5, 0.6) is 0 Å². The minimum Gasteiger partial charge on any atom is -0.365 e. The first-order valence-corrected chi connectivity index (χ1v) is 6.30. The number of hydrogen-bond acceptors (Lipinski definition) is 4. The molecule has 3 rings (SSSR count). The minimum absolute atomic E-state index is 0.268. The second-order valence-electron chi connectivity index (χ2n) is 4.61. The zero-order valence-corrected chi connectivity index (χ0v) is 10.7. The van der Waals surface area contributed by atoms with Crippen LogP contribution in [0, 0.1) is 22.7 Å². The second-order valence-corrected chi connectivity index (χ2v) is 4.61. The maximum atomic E-state index is 9.08. The Kier molecular flexibility index (Phi) is 3.16. The van der Waals surface area contributed by atoms with E-state index in [2.05, 4.69) is 11.1 Å². The van der Waals surface area contributed by atoms with Crippen LogP contribution in [0.25, 0.3) is 0 Å². The number of nitriles is 2. The van der Waals surface area contributed by atoms with Gasteiger partial charge in [0.2, 0.25) is 0 Å². The van der Waals surface area contributed by atoms with Gasteiger partial charge in [-0.15, -0.1) is 0 Å². The molecule has 2 heterocycles. The first-order chi connectivity index (χ1) is 9.81. The lowest BCUT2D eigenvalue weighted by Gasteiger charge is -2.23. The molecule has 0 amide bonds. The summed E-state index contributed by atoms with van der Waals surface area (Å²) in [7, 11) is 0. The summed E-state index contributed by atoms with van der Waals surface area (Å²) < 4.78 is 5.85. The molecule has 1 atom stereocenters. The first-order valence-electron chi connectivity index (χ1n) is 6.30. The van der Waals surface area contributed by atoms with E-state index >= 15 is 0 Å². The highest BCUT2D eigenvalue weighted by Gasteiger charge is 2.22. The third-order valence-electron chi connectivity index (χ3n) is 3.42. The highest BCUT2D eigenvalue weighted by molar-refractivity contribution is 5.58. The number of ether oxygens (including phenoxy) is 1. The van der Waals surface area contributed by atoms with E-state index in [-0.39, 0.29) is 6.10 Å². The van der Waals surface area contributed by atoms with Gasteiger partial charge in [-0.1, -0.05) is 12.1 Å². The van der Waals surface area contributed by atoms with Crippen LogP contribution >= 0.6 is 0 Å². The van der Waals surface area contributed by atoms with Crippen LogP contribution in [-0.2, 0) is 17.8 Å². The van der Waals surface area contributed by atoms with E-state index in [1.165, 1.54) is 0 Å². The van der Waals surface area contributed by atoms with Gasteiger partial charge in [-0.05, 0) is 29.4 Å². The van der Waals surface area contributed by atoms with E-state index in [4.69, 9.17) is 15.3 Å². The third kappa shape index (κ3) is 2.14. The largest absolute Gasteiger partial charge is 0.365 e. The lowest BCUT2D eigenvalue weighted by atomic mass is 9.92. The summed E-state index contributed by atoms with van der Waals surface area (Å²) in [6.45, 7) is 0.454. The van der Waals surface area contributed by atoms with Gasteiger partial charge in [0.25, 0.3) is 0 Å². The number of pyridine rings is 1. The van der Waals surface area contributed by atoms with Crippen molar-refractivity contribution in [2.45, 2.75) is 19.1 Å². The number of fused-ring (bicyclic) bond motifs is 2. The standard InChI is InChI=1S/C16H11N3O/c17-8-13-6-11-3-4-15-12(2-1-5-19-15)10-20-16(11)7-14(13)9-18/h1-3,5-7,16H,4,10H2/b11-3-. The molecule has 1 aromatic rings. The topological polar surface area (TPSA) is 69.7 Å². The molecule has 0 fully saturated rings. The molecular weight excluding hydrogens is 250 g/mol. The lowest BCUT2D eigenvalue weighted by molar-refractivity contribution is 0.0936. The van der Waals surface area contributed by atoms with Crippen LogP contribution in [0.1, 0.15) is 11.3 Å². The Labute approximate surface area is 116 Å². The van der Waals surface area contributed by atoms with Crippen LogP contribution in [0.3, 0.4) is 0 Å². The van der Waals surface area contributed by atoms with E-state index in [0.717, 1.165) is 16.8 Å². The molecule has 96 valence electrons. The second kappa shape index (κ2) is 5.13. The normalized spacial score (nSPS) is 23.3. The zero-order valence-electron chi connectivity index (χ0n) is 10.7. The summed E-state index contributed by atoms with van der Waals surface area (Å²) in [6.07, 6.45) is 7.66. The molecule has 0 radical (unpaired) electrons. The van der Waals surface area contributed by atoms with Crippen molar-refractivity contribution >= 4 is 0 Å². The minimum atomic E-state index is -0.268. The predicted molar refractivity (Wildman–Crippen MR) is 72.0 cm³/mol. The van der Waals surface area contributed by atoms with Crippen molar-refractivity contribution in [3.8, 4) is 12.1 Å². The smallest absolute Gasteiger partial charge is 0.102 e. The summed E-state index contributed by atoms with van der Waals surface area (Å²) in [4.78, 5) is 4.35. The van der Waals surface area contributed by atoms with Crippen LogP contribution in [0.15, 0.2) is 53.3 Å². The molecule has 0 saturated heterocycles. The monoisotopic (exact) mass is 261 g/mol. The Bertz CT molecular complexity index is 729. The Hall–Kier alpha value is -2.69. The molecule has 2 aliphatic rings. The van der Waals surface area contributed by atoms with Gasteiger partial charge in [0, 0.05) is 18.3 Å². The third-order valence-corrected chi connectivity index (χ3v) is 3.42. The van der Waals surface area contributed by atoms with Gasteiger partial charge < -0.3 is 4.74 Å². The molecule has 1 aliphatic carbocycles. The first kappa shape index (κ1) is 12.3. The quantitative estimate of drug-likeness (QED) is 0.718. The van der Waals surface area contributed by atoms with Crippen molar-refractivity contribution in [3.05, 3.63) is 64.5 Å². The number of nitrogens with zero attached hydrogens (tertiary/aromatic N) is 3. The molecular formula is C16H11N3O. The maximum absolute atomic E-state index is 9.08. The van der Waals surface area contributed by atoms with Crippen molar-refractivity contribution < 1.29 is 4.74 Å². The average Bonchev–Trinajstić information content (AvgIpc) is 2.49. The lowest BCUT2D eigenvalue weighted by Crippen LogP contribution is -2.19. The van der Waals surface area contributed by atoms with Gasteiger partial charge >= 0.3 is 0 Å². The highest BCUT2D eigenvalue weighted by atomic mass is 16.5. The molecule has 0 aromatic carbocycles. The molecule has 0 spiro atoms. The molecule has 1 aromatic heterocycles. The summed E-state index contributed by atoms with van der Waals surface area (Å²) in [5, 5.41) is 18.1. The van der Waals surface area contributed by atoms with Crippen LogP contribution in [0.4, 0.5) is 0 Å². The molecule has 1 aliphatic heterocycles. The summed E-state index contributed by atoms with van der Waals surface area (Å²) >= 11 is 0. The van der Waals surface area contributed by atoms with Crippen LogP contribution in [0.2, 0.25) is 0 Å². The van der Waals surface area contributed by atoms with E-state index in [1.807, 2.05) is 24.3 Å². The maximum Gasteiger partial charge on any atom is 0.102 e. The van der Waals surface area contributed by atoms with E-state index in [9.17, 15) is 0 Å².